The quantitative estimate of drug-likeness (QED) is 0.633. The maximum Gasteiger partial charge on any atom is 0.178 e. The van der Waals surface area contributed by atoms with Gasteiger partial charge < -0.3 is 0 Å². The zero-order valence-corrected chi connectivity index (χ0v) is 6.33. The van der Waals surface area contributed by atoms with Crippen LogP contribution in [-0.4, -0.2) is 5.78 Å². The summed E-state index contributed by atoms with van der Waals surface area (Å²) in [5.41, 5.74) is 0.900. The number of benzene rings is 1. The highest BCUT2D eigenvalue weighted by Gasteiger charge is 1.96. The van der Waals surface area contributed by atoms with Gasteiger partial charge in [0.25, 0.3) is 0 Å². The van der Waals surface area contributed by atoms with E-state index in [0.717, 1.165) is 5.56 Å². The lowest BCUT2D eigenvalue weighted by molar-refractivity contribution is -0.116. The summed E-state index contributed by atoms with van der Waals surface area (Å²) in [5, 5.41) is 10.6. The minimum atomic E-state index is -0.0164. The van der Waals surface area contributed by atoms with Crippen LogP contribution in [0.5, 0.6) is 5.75 Å². The van der Waals surface area contributed by atoms with Crippen LogP contribution in [0.15, 0.2) is 24.3 Å². The molecule has 0 saturated heterocycles. The molecule has 0 aliphatic rings. The number of carbonyl (C=O) groups excluding carboxylic acids is 1. The Morgan fingerprint density at radius 3 is 2.27 bits per heavy atom. The van der Waals surface area contributed by atoms with E-state index in [1.54, 1.807) is 12.1 Å². The highest BCUT2D eigenvalue weighted by molar-refractivity contribution is 5.78. The first-order valence-corrected chi connectivity index (χ1v) is 3.44. The summed E-state index contributed by atoms with van der Waals surface area (Å²) in [6.45, 7) is 1.53. The topological polar surface area (TPSA) is 37.0 Å². The first kappa shape index (κ1) is 7.79. The van der Waals surface area contributed by atoms with Crippen molar-refractivity contribution in [2.45, 2.75) is 13.3 Å². The predicted molar refractivity (Wildman–Crippen MR) is 41.0 cm³/mol. The van der Waals surface area contributed by atoms with E-state index in [1.807, 2.05) is 0 Å². The van der Waals surface area contributed by atoms with E-state index in [1.165, 1.54) is 19.1 Å². The molecule has 1 rings (SSSR count). The average Bonchev–Trinajstić information content (AvgIpc) is 1.93. The summed E-state index contributed by atoms with van der Waals surface area (Å²) in [7, 11) is 0. The molecule has 0 unspecified atom stereocenters. The number of hydrogen-bond acceptors (Lipinski definition) is 1. The van der Waals surface area contributed by atoms with Crippen LogP contribution in [-0.2, 0) is 16.3 Å². The van der Waals surface area contributed by atoms with Crippen molar-refractivity contribution in [2.24, 2.45) is 0 Å². The third-order valence-electron chi connectivity index (χ3n) is 1.38. The first-order valence-electron chi connectivity index (χ1n) is 3.44. The molecule has 0 aliphatic heterocycles. The van der Waals surface area contributed by atoms with Crippen LogP contribution in [0.4, 0.5) is 0 Å². The Kier molecular flexibility index (Phi) is 2.26. The van der Waals surface area contributed by atoms with Crippen LogP contribution in [0.1, 0.15) is 12.5 Å². The number of carbonyl (C=O) groups is 1. The van der Waals surface area contributed by atoms with Crippen molar-refractivity contribution in [3.8, 4) is 5.75 Å². The van der Waals surface area contributed by atoms with Gasteiger partial charge >= 0.3 is 0 Å². The van der Waals surface area contributed by atoms with E-state index >= 15 is 0 Å². The Labute approximate surface area is 65.5 Å². The Morgan fingerprint density at radius 2 is 1.82 bits per heavy atom. The van der Waals surface area contributed by atoms with Crippen molar-refractivity contribution in [3.05, 3.63) is 29.8 Å². The van der Waals surface area contributed by atoms with Gasteiger partial charge in [-0.3, -0.25) is 9.90 Å². The molecule has 2 heteroatoms. The Morgan fingerprint density at radius 1 is 1.27 bits per heavy atom. The van der Waals surface area contributed by atoms with Crippen molar-refractivity contribution in [1.29, 1.82) is 0 Å². The van der Waals surface area contributed by atoms with E-state index in [0.29, 0.717) is 6.42 Å². The van der Waals surface area contributed by atoms with Crippen molar-refractivity contribution in [2.75, 3.05) is 0 Å². The largest absolute Gasteiger partial charge is 0.300 e. The van der Waals surface area contributed by atoms with Gasteiger partial charge in [-0.2, -0.15) is 0 Å². The van der Waals surface area contributed by atoms with Gasteiger partial charge in [0.2, 0.25) is 0 Å². The molecule has 0 bridgehead atoms. The molecular formula is C9H9O2. The van der Waals surface area contributed by atoms with Crippen molar-refractivity contribution >= 4 is 5.78 Å². The molecule has 2 nitrogen and oxygen atoms in total. The Hall–Kier alpha value is -1.31. The van der Waals surface area contributed by atoms with Crippen LogP contribution in [0.2, 0.25) is 0 Å². The summed E-state index contributed by atoms with van der Waals surface area (Å²) >= 11 is 0. The van der Waals surface area contributed by atoms with Crippen LogP contribution < -0.4 is 0 Å². The third-order valence-corrected chi connectivity index (χ3v) is 1.38. The SMILES string of the molecule is CC(=O)Cc1ccc([O])cc1. The zero-order chi connectivity index (χ0) is 8.27. The van der Waals surface area contributed by atoms with Gasteiger partial charge in [0, 0.05) is 6.42 Å². The van der Waals surface area contributed by atoms with E-state index in [-0.39, 0.29) is 11.5 Å². The average molecular weight is 149 g/mol. The number of rotatable bonds is 2. The molecule has 57 valence electrons. The standard InChI is InChI=1S/C9H9O2/c1-7(10)6-8-2-4-9(11)5-3-8/h2-5H,6H2,1H3. The normalized spacial score (nSPS) is 9.55. The molecule has 1 radical (unpaired) electrons. The predicted octanol–water partition coefficient (Wildman–Crippen LogP) is 1.96. The molecule has 0 heterocycles. The lowest BCUT2D eigenvalue weighted by Crippen LogP contribution is -1.94. The summed E-state index contributed by atoms with van der Waals surface area (Å²) in [6, 6.07) is 6.31. The lowest BCUT2D eigenvalue weighted by atomic mass is 10.1. The van der Waals surface area contributed by atoms with Gasteiger partial charge in [0.05, 0.1) is 0 Å². The second kappa shape index (κ2) is 3.19. The lowest BCUT2D eigenvalue weighted by Gasteiger charge is -1.94. The van der Waals surface area contributed by atoms with Crippen LogP contribution in [0.3, 0.4) is 0 Å². The fourth-order valence-electron chi connectivity index (χ4n) is 0.895. The molecular weight excluding hydrogens is 140 g/mol. The summed E-state index contributed by atoms with van der Waals surface area (Å²) in [5.74, 6) is 0.0981. The molecule has 0 amide bonds. The van der Waals surface area contributed by atoms with E-state index in [4.69, 9.17) is 0 Å². The molecule has 1 aromatic carbocycles. The van der Waals surface area contributed by atoms with Gasteiger partial charge in [-0.1, -0.05) is 12.1 Å². The molecule has 0 aromatic heterocycles. The fourth-order valence-corrected chi connectivity index (χ4v) is 0.895. The first-order chi connectivity index (χ1) is 5.18. The van der Waals surface area contributed by atoms with E-state index in [2.05, 4.69) is 0 Å². The fraction of sp³-hybridized carbons (Fsp3) is 0.222. The second-order valence-corrected chi connectivity index (χ2v) is 2.52. The van der Waals surface area contributed by atoms with Crippen LogP contribution in [0, 0.1) is 0 Å². The molecule has 0 spiro atoms. The smallest absolute Gasteiger partial charge is 0.178 e. The van der Waals surface area contributed by atoms with E-state index in [9.17, 15) is 9.90 Å². The molecule has 0 atom stereocenters. The van der Waals surface area contributed by atoms with Crippen LogP contribution in [0.25, 0.3) is 0 Å². The monoisotopic (exact) mass is 149 g/mol. The number of hydrogen-bond donors (Lipinski definition) is 0. The van der Waals surface area contributed by atoms with E-state index < -0.39 is 0 Å². The minimum absolute atomic E-state index is 0.0164. The molecule has 0 saturated carbocycles. The summed E-state index contributed by atoms with van der Waals surface area (Å²) in [4.78, 5) is 10.6. The molecule has 11 heavy (non-hydrogen) atoms. The maximum atomic E-state index is 10.6. The second-order valence-electron chi connectivity index (χ2n) is 2.52. The molecule has 0 fully saturated rings. The maximum absolute atomic E-state index is 10.6. The highest BCUT2D eigenvalue weighted by Crippen LogP contribution is 2.10. The van der Waals surface area contributed by atoms with Gasteiger partial charge in [-0.15, -0.1) is 0 Å². The molecule has 1 aromatic rings. The summed E-state index contributed by atoms with van der Waals surface area (Å²) in [6.07, 6.45) is 0.417. The number of ketones is 1. The highest BCUT2D eigenvalue weighted by atomic mass is 16.3. The van der Waals surface area contributed by atoms with Crippen molar-refractivity contribution in [1.82, 2.24) is 0 Å². The molecule has 0 N–H and O–H groups in total. The van der Waals surface area contributed by atoms with Gasteiger partial charge in [-0.05, 0) is 24.6 Å². The zero-order valence-electron chi connectivity index (χ0n) is 6.33. The van der Waals surface area contributed by atoms with Crippen molar-refractivity contribution in [3.63, 3.8) is 0 Å². The minimum Gasteiger partial charge on any atom is -0.300 e. The van der Waals surface area contributed by atoms with Crippen LogP contribution >= 0.6 is 0 Å². The summed E-state index contributed by atoms with van der Waals surface area (Å²) < 4.78 is 0. The van der Waals surface area contributed by atoms with Crippen molar-refractivity contribution < 1.29 is 9.90 Å². The Balaban J connectivity index is 2.74. The third kappa shape index (κ3) is 2.42. The number of Topliss-reactive ketones (excluding diaryl/α,β-unsaturated/α-hetero) is 1. The van der Waals surface area contributed by atoms with Gasteiger partial charge in [-0.25, -0.2) is 0 Å². The molecule has 0 aliphatic carbocycles. The van der Waals surface area contributed by atoms with Gasteiger partial charge in [0.15, 0.2) is 5.75 Å². The van der Waals surface area contributed by atoms with Gasteiger partial charge in [0.1, 0.15) is 5.78 Å². The Bertz CT molecular complexity index is 249.